The summed E-state index contributed by atoms with van der Waals surface area (Å²) >= 11 is 12.0. The van der Waals surface area contributed by atoms with Gasteiger partial charge in [0, 0.05) is 35.2 Å². The van der Waals surface area contributed by atoms with Crippen LogP contribution in [-0.2, 0) is 9.53 Å². The van der Waals surface area contributed by atoms with Crippen LogP contribution >= 0.6 is 23.2 Å². The molecule has 2 aromatic rings. The Bertz CT molecular complexity index is 898. The van der Waals surface area contributed by atoms with E-state index in [9.17, 15) is 9.59 Å². The summed E-state index contributed by atoms with van der Waals surface area (Å²) in [6.45, 7) is 7.11. The Morgan fingerprint density at radius 2 is 1.53 bits per heavy atom. The summed E-state index contributed by atoms with van der Waals surface area (Å²) in [6, 6.07) is 13.6. The van der Waals surface area contributed by atoms with Crippen LogP contribution in [0.1, 0.15) is 35.8 Å². The second-order valence-electron chi connectivity index (χ2n) is 8.16. The number of morpholine rings is 1. The molecule has 0 spiro atoms. The minimum absolute atomic E-state index is 0.0140. The summed E-state index contributed by atoms with van der Waals surface area (Å²) in [5, 5.41) is 7.13. The van der Waals surface area contributed by atoms with Gasteiger partial charge in [-0.3, -0.25) is 14.5 Å². The van der Waals surface area contributed by atoms with E-state index in [2.05, 4.69) is 15.5 Å². The zero-order valence-electron chi connectivity index (χ0n) is 18.3. The number of ether oxygens (including phenoxy) is 1. The molecular formula is C24H29Cl2N3O3. The highest BCUT2D eigenvalue weighted by Crippen LogP contribution is 2.23. The maximum Gasteiger partial charge on any atom is 0.251 e. The third kappa shape index (κ3) is 6.69. The van der Waals surface area contributed by atoms with Crippen LogP contribution in [-0.4, -0.2) is 55.6 Å². The van der Waals surface area contributed by atoms with Crippen LogP contribution in [0.15, 0.2) is 48.5 Å². The van der Waals surface area contributed by atoms with Gasteiger partial charge in [-0.25, -0.2) is 0 Å². The first-order chi connectivity index (χ1) is 15.3. The minimum atomic E-state index is -0.659. The van der Waals surface area contributed by atoms with Gasteiger partial charge >= 0.3 is 0 Å². The van der Waals surface area contributed by atoms with Crippen molar-refractivity contribution in [1.29, 1.82) is 0 Å². The molecule has 32 heavy (non-hydrogen) atoms. The number of carbonyl (C=O) groups is 2. The number of hydrogen-bond donors (Lipinski definition) is 2. The normalized spacial score (nSPS) is 16.4. The lowest BCUT2D eigenvalue weighted by atomic mass is 10.0. The molecule has 6 nitrogen and oxygen atoms in total. The molecule has 2 N–H and O–H groups in total. The number of halogens is 2. The van der Waals surface area contributed by atoms with E-state index in [0.717, 1.165) is 18.7 Å². The maximum absolute atomic E-state index is 13.1. The first-order valence-corrected chi connectivity index (χ1v) is 11.5. The zero-order valence-corrected chi connectivity index (χ0v) is 19.8. The number of nitrogens with zero attached hydrogens (tertiary/aromatic N) is 1. The summed E-state index contributed by atoms with van der Waals surface area (Å²) < 4.78 is 5.49. The molecule has 2 aromatic carbocycles. The smallest absolute Gasteiger partial charge is 0.251 e. The van der Waals surface area contributed by atoms with E-state index >= 15 is 0 Å². The van der Waals surface area contributed by atoms with Gasteiger partial charge in [0.2, 0.25) is 5.91 Å². The molecule has 0 saturated carbocycles. The van der Waals surface area contributed by atoms with Crippen molar-refractivity contribution in [2.24, 2.45) is 5.92 Å². The number of nitrogens with one attached hydrogen (secondary N) is 2. The fourth-order valence-corrected chi connectivity index (χ4v) is 3.95. The lowest BCUT2D eigenvalue weighted by Gasteiger charge is -2.35. The van der Waals surface area contributed by atoms with E-state index in [1.807, 2.05) is 38.1 Å². The maximum atomic E-state index is 13.1. The molecular weight excluding hydrogens is 449 g/mol. The van der Waals surface area contributed by atoms with Crippen LogP contribution in [0, 0.1) is 5.92 Å². The van der Waals surface area contributed by atoms with Crippen LogP contribution in [0.4, 0.5) is 0 Å². The molecule has 0 aliphatic carbocycles. The van der Waals surface area contributed by atoms with Crippen molar-refractivity contribution in [2.75, 3.05) is 32.8 Å². The van der Waals surface area contributed by atoms with Crippen LogP contribution in [0.3, 0.4) is 0 Å². The minimum Gasteiger partial charge on any atom is -0.379 e. The van der Waals surface area contributed by atoms with Gasteiger partial charge in [-0.2, -0.15) is 0 Å². The van der Waals surface area contributed by atoms with Crippen molar-refractivity contribution in [1.82, 2.24) is 15.5 Å². The third-order valence-corrected chi connectivity index (χ3v) is 6.06. The van der Waals surface area contributed by atoms with E-state index in [0.29, 0.717) is 35.4 Å². The Labute approximate surface area is 199 Å². The summed E-state index contributed by atoms with van der Waals surface area (Å²) in [5.41, 5.74) is 1.53. The second-order valence-corrected chi connectivity index (χ2v) is 9.04. The molecule has 0 radical (unpaired) electrons. The topological polar surface area (TPSA) is 70.7 Å². The predicted molar refractivity (Wildman–Crippen MR) is 127 cm³/mol. The monoisotopic (exact) mass is 477 g/mol. The molecule has 1 aliphatic rings. The Hall–Kier alpha value is -2.12. The number of hydrogen-bond acceptors (Lipinski definition) is 4. The van der Waals surface area contributed by atoms with Gasteiger partial charge in [0.1, 0.15) is 6.04 Å². The standard InChI is InChI=1S/C24H29Cl2N3O3/c1-16(2)22(28-23(30)18-5-9-20(26)10-6-18)24(31)27-15-21(29-11-13-32-14-12-29)17-3-7-19(25)8-4-17/h3-10,16,21-22H,11-15H2,1-2H3,(H,27,31)(H,28,30). The molecule has 172 valence electrons. The molecule has 0 bridgehead atoms. The number of carbonyl (C=O) groups excluding carboxylic acids is 2. The molecule has 2 unspecified atom stereocenters. The van der Waals surface area contributed by atoms with Gasteiger partial charge in [-0.1, -0.05) is 49.2 Å². The lowest BCUT2D eigenvalue weighted by Crippen LogP contribution is -2.51. The zero-order chi connectivity index (χ0) is 23.1. The van der Waals surface area contributed by atoms with Crippen molar-refractivity contribution in [2.45, 2.75) is 25.9 Å². The molecule has 1 saturated heterocycles. The first kappa shape index (κ1) is 24.5. The molecule has 0 aromatic heterocycles. The van der Waals surface area contributed by atoms with Crippen LogP contribution in [0.5, 0.6) is 0 Å². The highest BCUT2D eigenvalue weighted by molar-refractivity contribution is 6.30. The van der Waals surface area contributed by atoms with Crippen molar-refractivity contribution in [3.05, 3.63) is 69.7 Å². The summed E-state index contributed by atoms with van der Waals surface area (Å²) in [4.78, 5) is 28.0. The summed E-state index contributed by atoms with van der Waals surface area (Å²) in [6.07, 6.45) is 0. The van der Waals surface area contributed by atoms with E-state index in [1.165, 1.54) is 0 Å². The molecule has 1 heterocycles. The van der Waals surface area contributed by atoms with Crippen molar-refractivity contribution in [3.8, 4) is 0 Å². The van der Waals surface area contributed by atoms with E-state index in [1.54, 1.807) is 24.3 Å². The van der Waals surface area contributed by atoms with Gasteiger partial charge in [0.05, 0.1) is 19.3 Å². The first-order valence-electron chi connectivity index (χ1n) is 10.8. The van der Waals surface area contributed by atoms with Crippen molar-refractivity contribution in [3.63, 3.8) is 0 Å². The van der Waals surface area contributed by atoms with Crippen molar-refractivity contribution >= 4 is 35.0 Å². The van der Waals surface area contributed by atoms with Crippen LogP contribution < -0.4 is 10.6 Å². The van der Waals surface area contributed by atoms with E-state index in [-0.39, 0.29) is 23.8 Å². The SMILES string of the molecule is CC(C)C(NC(=O)c1ccc(Cl)cc1)C(=O)NCC(c1ccc(Cl)cc1)N1CCOCC1. The highest BCUT2D eigenvalue weighted by Gasteiger charge is 2.28. The fraction of sp³-hybridized carbons (Fsp3) is 0.417. The van der Waals surface area contributed by atoms with Crippen LogP contribution in [0.25, 0.3) is 0 Å². The molecule has 2 amide bonds. The molecule has 3 rings (SSSR count). The van der Waals surface area contributed by atoms with Gasteiger partial charge in [0.25, 0.3) is 5.91 Å². The van der Waals surface area contributed by atoms with Gasteiger partial charge < -0.3 is 15.4 Å². The fourth-order valence-electron chi connectivity index (χ4n) is 3.70. The molecule has 2 atom stereocenters. The third-order valence-electron chi connectivity index (χ3n) is 5.55. The average Bonchev–Trinajstić information content (AvgIpc) is 2.79. The Morgan fingerprint density at radius 3 is 2.09 bits per heavy atom. The summed E-state index contributed by atoms with van der Waals surface area (Å²) in [5.74, 6) is -0.601. The van der Waals surface area contributed by atoms with Crippen molar-refractivity contribution < 1.29 is 14.3 Å². The van der Waals surface area contributed by atoms with E-state index in [4.69, 9.17) is 27.9 Å². The van der Waals surface area contributed by atoms with Crippen LogP contribution in [0.2, 0.25) is 10.0 Å². The Morgan fingerprint density at radius 1 is 0.969 bits per heavy atom. The summed E-state index contributed by atoms with van der Waals surface area (Å²) in [7, 11) is 0. The second kappa shape index (κ2) is 11.7. The largest absolute Gasteiger partial charge is 0.379 e. The predicted octanol–water partition coefficient (Wildman–Crippen LogP) is 3.94. The number of benzene rings is 2. The highest BCUT2D eigenvalue weighted by atomic mass is 35.5. The molecule has 1 aliphatic heterocycles. The quantitative estimate of drug-likeness (QED) is 0.603. The van der Waals surface area contributed by atoms with E-state index < -0.39 is 6.04 Å². The Kier molecular flexibility index (Phi) is 8.93. The molecule has 1 fully saturated rings. The van der Waals surface area contributed by atoms with Gasteiger partial charge in [-0.15, -0.1) is 0 Å². The number of rotatable bonds is 8. The number of amides is 2. The Balaban J connectivity index is 1.68. The lowest BCUT2D eigenvalue weighted by molar-refractivity contribution is -0.124. The molecule has 8 heteroatoms. The average molecular weight is 478 g/mol. The van der Waals surface area contributed by atoms with Gasteiger partial charge in [-0.05, 0) is 47.9 Å². The van der Waals surface area contributed by atoms with Gasteiger partial charge in [0.15, 0.2) is 0 Å².